The zero-order chi connectivity index (χ0) is 23.0. The summed E-state index contributed by atoms with van der Waals surface area (Å²) in [5, 5.41) is 3.25. The molecule has 0 bridgehead atoms. The normalized spacial score (nSPS) is 19.2. The average Bonchev–Trinajstić information content (AvgIpc) is 2.78. The van der Waals surface area contributed by atoms with E-state index < -0.39 is 0 Å². The fourth-order valence-electron chi connectivity index (χ4n) is 5.04. The van der Waals surface area contributed by atoms with Gasteiger partial charge < -0.3 is 10.1 Å². The summed E-state index contributed by atoms with van der Waals surface area (Å²) in [6.45, 7) is 9.16. The van der Waals surface area contributed by atoms with Crippen LogP contribution in [0, 0.1) is 6.92 Å². The Bertz CT molecular complexity index is 1170. The van der Waals surface area contributed by atoms with Gasteiger partial charge in [-0.3, -0.25) is 9.69 Å². The van der Waals surface area contributed by atoms with Crippen LogP contribution >= 0.6 is 0 Å². The highest BCUT2D eigenvalue weighted by Gasteiger charge is 2.34. The van der Waals surface area contributed by atoms with Gasteiger partial charge in [0.1, 0.15) is 11.4 Å². The van der Waals surface area contributed by atoms with Crippen molar-refractivity contribution in [1.82, 2.24) is 10.2 Å². The van der Waals surface area contributed by atoms with Crippen molar-refractivity contribution in [3.63, 3.8) is 0 Å². The minimum absolute atomic E-state index is 0.0392. The molecule has 2 heterocycles. The van der Waals surface area contributed by atoms with Gasteiger partial charge in [-0.15, -0.1) is 0 Å². The van der Waals surface area contributed by atoms with E-state index in [1.807, 2.05) is 12.1 Å². The van der Waals surface area contributed by atoms with E-state index in [0.717, 1.165) is 49.4 Å². The fraction of sp³-hybridized carbons (Fsp3) is 0.345. The highest BCUT2D eigenvalue weighted by atomic mass is 16.5. The summed E-state index contributed by atoms with van der Waals surface area (Å²) < 4.78 is 6.17. The zero-order valence-corrected chi connectivity index (χ0v) is 19.7. The third kappa shape index (κ3) is 4.81. The number of rotatable bonds is 4. The van der Waals surface area contributed by atoms with Gasteiger partial charge in [-0.2, -0.15) is 0 Å². The second-order valence-corrected chi connectivity index (χ2v) is 10.1. The second-order valence-electron chi connectivity index (χ2n) is 10.1. The number of nitrogens with zero attached hydrogens (tertiary/aromatic N) is 1. The van der Waals surface area contributed by atoms with Crippen molar-refractivity contribution in [2.45, 2.75) is 58.3 Å². The van der Waals surface area contributed by atoms with Gasteiger partial charge in [0, 0.05) is 37.2 Å². The topological polar surface area (TPSA) is 41.6 Å². The van der Waals surface area contributed by atoms with Gasteiger partial charge in [0.05, 0.1) is 6.04 Å². The summed E-state index contributed by atoms with van der Waals surface area (Å²) in [5.74, 6) is 0.831. The summed E-state index contributed by atoms with van der Waals surface area (Å²) in [5.41, 5.74) is 6.71. The standard InChI is InChI=1S/C29H32N2O2/c1-20-8-13-25-26(17-29(2,3)33-27(25)16-20)30-28(32)23-11-9-21(10-12-23)18-31-15-14-22-6-4-5-7-24(22)19-31/h4-13,16,26H,14-15,17-19H2,1-3H3,(H,30,32). The molecule has 1 unspecified atom stereocenters. The summed E-state index contributed by atoms with van der Waals surface area (Å²) in [4.78, 5) is 15.5. The van der Waals surface area contributed by atoms with E-state index in [4.69, 9.17) is 4.74 Å². The van der Waals surface area contributed by atoms with E-state index >= 15 is 0 Å². The monoisotopic (exact) mass is 440 g/mol. The van der Waals surface area contributed by atoms with Gasteiger partial charge in [0.25, 0.3) is 5.91 Å². The van der Waals surface area contributed by atoms with Gasteiger partial charge in [-0.1, -0.05) is 48.5 Å². The summed E-state index contributed by atoms with van der Waals surface area (Å²) >= 11 is 0. The lowest BCUT2D eigenvalue weighted by molar-refractivity contribution is 0.0619. The molecule has 170 valence electrons. The molecule has 0 fully saturated rings. The Morgan fingerprint density at radius 2 is 1.82 bits per heavy atom. The largest absolute Gasteiger partial charge is 0.487 e. The molecule has 0 aromatic heterocycles. The first-order chi connectivity index (χ1) is 15.9. The number of ether oxygens (including phenoxy) is 1. The van der Waals surface area contributed by atoms with Crippen molar-refractivity contribution in [3.8, 4) is 5.75 Å². The van der Waals surface area contributed by atoms with Crippen LogP contribution < -0.4 is 10.1 Å². The minimum Gasteiger partial charge on any atom is -0.487 e. The van der Waals surface area contributed by atoms with Crippen LogP contribution in [0.2, 0.25) is 0 Å². The van der Waals surface area contributed by atoms with Gasteiger partial charge in [0.15, 0.2) is 0 Å². The van der Waals surface area contributed by atoms with Crippen molar-refractivity contribution in [1.29, 1.82) is 0 Å². The van der Waals surface area contributed by atoms with Crippen LogP contribution in [0.5, 0.6) is 5.75 Å². The molecule has 4 nitrogen and oxygen atoms in total. The molecule has 3 aromatic carbocycles. The molecule has 1 amide bonds. The van der Waals surface area contributed by atoms with Crippen molar-refractivity contribution in [3.05, 3.63) is 100 Å². The van der Waals surface area contributed by atoms with Crippen LogP contribution in [0.1, 0.15) is 64.5 Å². The first-order valence-corrected chi connectivity index (χ1v) is 11.8. The lowest BCUT2D eigenvalue weighted by Gasteiger charge is -2.38. The van der Waals surface area contributed by atoms with Crippen LogP contribution in [0.3, 0.4) is 0 Å². The van der Waals surface area contributed by atoms with Crippen LogP contribution in [0.4, 0.5) is 0 Å². The van der Waals surface area contributed by atoms with E-state index in [1.54, 1.807) is 0 Å². The first kappa shape index (κ1) is 21.7. The Hall–Kier alpha value is -3.11. The molecule has 0 saturated heterocycles. The smallest absolute Gasteiger partial charge is 0.251 e. The number of benzene rings is 3. The van der Waals surface area contributed by atoms with Gasteiger partial charge in [-0.25, -0.2) is 0 Å². The molecule has 0 radical (unpaired) electrons. The lowest BCUT2D eigenvalue weighted by atomic mass is 9.89. The molecule has 3 aromatic rings. The number of fused-ring (bicyclic) bond motifs is 2. The van der Waals surface area contributed by atoms with Crippen molar-refractivity contribution < 1.29 is 9.53 Å². The number of hydrogen-bond donors (Lipinski definition) is 1. The number of carbonyl (C=O) groups excluding carboxylic acids is 1. The maximum Gasteiger partial charge on any atom is 0.251 e. The Labute approximate surface area is 196 Å². The number of amides is 1. The van der Waals surface area contributed by atoms with Crippen LogP contribution in [-0.4, -0.2) is 23.0 Å². The summed E-state index contributed by atoms with van der Waals surface area (Å²) in [6.07, 6.45) is 1.84. The van der Waals surface area contributed by atoms with E-state index in [1.165, 1.54) is 16.7 Å². The van der Waals surface area contributed by atoms with Crippen LogP contribution in [0.15, 0.2) is 66.7 Å². The SMILES string of the molecule is Cc1ccc2c(c1)OC(C)(C)CC2NC(=O)c1ccc(CN2CCc3ccccc3C2)cc1. The Kier molecular flexibility index (Phi) is 5.71. The summed E-state index contributed by atoms with van der Waals surface area (Å²) in [7, 11) is 0. The minimum atomic E-state index is -0.324. The molecule has 5 rings (SSSR count). The molecule has 0 aliphatic carbocycles. The van der Waals surface area contributed by atoms with Gasteiger partial charge >= 0.3 is 0 Å². The number of carbonyl (C=O) groups is 1. The third-order valence-electron chi connectivity index (χ3n) is 6.76. The second kappa shape index (κ2) is 8.68. The molecule has 0 spiro atoms. The number of nitrogens with one attached hydrogen (secondary N) is 1. The highest BCUT2D eigenvalue weighted by molar-refractivity contribution is 5.94. The molecular formula is C29H32N2O2. The summed E-state index contributed by atoms with van der Waals surface area (Å²) in [6, 6.07) is 22.9. The van der Waals surface area contributed by atoms with Crippen molar-refractivity contribution in [2.75, 3.05) is 6.54 Å². The third-order valence-corrected chi connectivity index (χ3v) is 6.76. The molecule has 2 aliphatic rings. The predicted octanol–water partition coefficient (Wildman–Crippen LogP) is 5.59. The molecule has 33 heavy (non-hydrogen) atoms. The van der Waals surface area contributed by atoms with E-state index in [-0.39, 0.29) is 17.6 Å². The zero-order valence-electron chi connectivity index (χ0n) is 19.7. The van der Waals surface area contributed by atoms with Gasteiger partial charge in [-0.05, 0) is 67.6 Å². The maximum atomic E-state index is 13.1. The maximum absolute atomic E-state index is 13.1. The molecule has 4 heteroatoms. The van der Waals surface area contributed by atoms with Crippen molar-refractivity contribution in [2.24, 2.45) is 0 Å². The molecule has 2 aliphatic heterocycles. The molecular weight excluding hydrogens is 408 g/mol. The van der Waals surface area contributed by atoms with Crippen molar-refractivity contribution >= 4 is 5.91 Å². The first-order valence-electron chi connectivity index (χ1n) is 11.8. The Morgan fingerprint density at radius 3 is 2.61 bits per heavy atom. The van der Waals surface area contributed by atoms with E-state index in [0.29, 0.717) is 5.56 Å². The van der Waals surface area contributed by atoms with E-state index in [9.17, 15) is 4.79 Å². The van der Waals surface area contributed by atoms with Crippen LogP contribution in [0.25, 0.3) is 0 Å². The number of aryl methyl sites for hydroxylation is 1. The average molecular weight is 441 g/mol. The van der Waals surface area contributed by atoms with Gasteiger partial charge in [0.2, 0.25) is 0 Å². The molecule has 0 saturated carbocycles. The molecule has 1 N–H and O–H groups in total. The highest BCUT2D eigenvalue weighted by Crippen LogP contribution is 2.40. The number of hydrogen-bond acceptors (Lipinski definition) is 3. The van der Waals surface area contributed by atoms with Crippen LogP contribution in [-0.2, 0) is 19.5 Å². The molecule has 1 atom stereocenters. The Balaban J connectivity index is 1.25. The fourth-order valence-corrected chi connectivity index (χ4v) is 5.04. The van der Waals surface area contributed by atoms with E-state index in [2.05, 4.69) is 85.6 Å². The lowest BCUT2D eigenvalue weighted by Crippen LogP contribution is -2.41. The quantitative estimate of drug-likeness (QED) is 0.575. The predicted molar refractivity (Wildman–Crippen MR) is 131 cm³/mol. The Morgan fingerprint density at radius 1 is 1.06 bits per heavy atom.